The fourth-order valence-corrected chi connectivity index (χ4v) is 1.28. The van der Waals surface area contributed by atoms with E-state index >= 15 is 0 Å². The maximum atomic E-state index is 12.8. The van der Waals surface area contributed by atoms with E-state index in [2.05, 4.69) is 9.72 Å². The number of ether oxygens (including phenoxy) is 1. The summed E-state index contributed by atoms with van der Waals surface area (Å²) >= 11 is 0. The van der Waals surface area contributed by atoms with Crippen molar-refractivity contribution in [3.63, 3.8) is 0 Å². The molecule has 2 unspecified atom stereocenters. The molecule has 0 spiro atoms. The van der Waals surface area contributed by atoms with Gasteiger partial charge in [0.25, 0.3) is 0 Å². The molecule has 0 aliphatic rings. The second-order valence-electron chi connectivity index (χ2n) is 3.42. The van der Waals surface area contributed by atoms with E-state index in [-0.39, 0.29) is 18.7 Å². The topological polar surface area (TPSA) is 79.7 Å². The van der Waals surface area contributed by atoms with E-state index < -0.39 is 24.0 Å². The average Bonchev–Trinajstić information content (AvgIpc) is 2.28. The molecular weight excluding hydrogens is 229 g/mol. The second kappa shape index (κ2) is 6.27. The Kier molecular flexibility index (Phi) is 4.99. The van der Waals surface area contributed by atoms with Crippen LogP contribution in [0.5, 0.6) is 0 Å². The lowest BCUT2D eigenvalue weighted by Gasteiger charge is -2.16. The van der Waals surface area contributed by atoms with Crippen LogP contribution in [0.2, 0.25) is 0 Å². The summed E-state index contributed by atoms with van der Waals surface area (Å²) in [7, 11) is 0. The van der Waals surface area contributed by atoms with E-state index in [4.69, 9.17) is 0 Å². The maximum Gasteiger partial charge on any atom is 0.308 e. The third-order valence-electron chi connectivity index (χ3n) is 2.09. The first-order chi connectivity index (χ1) is 8.04. The van der Waals surface area contributed by atoms with E-state index in [0.29, 0.717) is 0 Å². The van der Waals surface area contributed by atoms with E-state index in [0.717, 1.165) is 12.1 Å². The molecule has 0 radical (unpaired) electrons. The smallest absolute Gasteiger partial charge is 0.308 e. The molecule has 94 valence electrons. The molecular formula is C11H14FNO4. The van der Waals surface area contributed by atoms with Gasteiger partial charge in [0.05, 0.1) is 24.8 Å². The van der Waals surface area contributed by atoms with Crippen LogP contribution in [0.3, 0.4) is 0 Å². The zero-order valence-electron chi connectivity index (χ0n) is 9.34. The van der Waals surface area contributed by atoms with Crippen LogP contribution in [-0.4, -0.2) is 33.9 Å². The number of carbonyl (C=O) groups excluding carboxylic acids is 1. The van der Waals surface area contributed by atoms with Crippen LogP contribution in [0.1, 0.15) is 25.1 Å². The fourth-order valence-electron chi connectivity index (χ4n) is 1.28. The Labute approximate surface area is 97.9 Å². The Morgan fingerprint density at radius 3 is 2.88 bits per heavy atom. The molecule has 2 N–H and O–H groups in total. The van der Waals surface area contributed by atoms with Gasteiger partial charge >= 0.3 is 5.97 Å². The first kappa shape index (κ1) is 13.5. The van der Waals surface area contributed by atoms with Gasteiger partial charge in [-0.1, -0.05) is 0 Å². The predicted octanol–water partition coefficient (Wildman–Crippen LogP) is 0.568. The number of pyridine rings is 1. The minimum atomic E-state index is -1.42. The van der Waals surface area contributed by atoms with Crippen LogP contribution in [0.4, 0.5) is 4.39 Å². The van der Waals surface area contributed by atoms with E-state index in [1.54, 1.807) is 6.92 Å². The van der Waals surface area contributed by atoms with Crippen molar-refractivity contribution >= 4 is 5.97 Å². The number of esters is 1. The third-order valence-corrected chi connectivity index (χ3v) is 2.09. The molecule has 0 aliphatic heterocycles. The number of hydrogen-bond donors (Lipinski definition) is 2. The van der Waals surface area contributed by atoms with Crippen molar-refractivity contribution < 1.29 is 24.1 Å². The summed E-state index contributed by atoms with van der Waals surface area (Å²) in [6.07, 6.45) is -1.99. The molecule has 0 saturated carbocycles. The average molecular weight is 243 g/mol. The van der Waals surface area contributed by atoms with Gasteiger partial charge in [0.2, 0.25) is 0 Å². The Morgan fingerprint density at radius 1 is 1.59 bits per heavy atom. The number of hydrogen-bond acceptors (Lipinski definition) is 5. The van der Waals surface area contributed by atoms with Gasteiger partial charge in [-0.05, 0) is 19.1 Å². The number of halogens is 1. The minimum absolute atomic E-state index is 0.0261. The Bertz CT molecular complexity index is 385. The summed E-state index contributed by atoms with van der Waals surface area (Å²) < 4.78 is 17.5. The lowest BCUT2D eigenvalue weighted by Crippen LogP contribution is -2.23. The molecule has 0 saturated heterocycles. The molecule has 5 nitrogen and oxygen atoms in total. The summed E-state index contributed by atoms with van der Waals surface area (Å²) in [5.41, 5.74) is -0.0261. The maximum absolute atomic E-state index is 12.8. The van der Waals surface area contributed by atoms with Gasteiger partial charge < -0.3 is 14.9 Å². The lowest BCUT2D eigenvalue weighted by molar-refractivity contribution is -0.147. The number of aliphatic hydroxyl groups is 2. The van der Waals surface area contributed by atoms with Crippen molar-refractivity contribution in [3.05, 3.63) is 29.8 Å². The van der Waals surface area contributed by atoms with Gasteiger partial charge in [0.15, 0.2) is 0 Å². The zero-order chi connectivity index (χ0) is 12.8. The molecule has 0 bridgehead atoms. The summed E-state index contributed by atoms with van der Waals surface area (Å²) in [5.74, 6) is -1.20. The van der Waals surface area contributed by atoms with Crippen molar-refractivity contribution in [1.82, 2.24) is 4.98 Å². The van der Waals surface area contributed by atoms with E-state index in [9.17, 15) is 19.4 Å². The van der Waals surface area contributed by atoms with Gasteiger partial charge in [-0.3, -0.25) is 9.78 Å². The highest BCUT2D eigenvalue weighted by molar-refractivity contribution is 5.70. The normalized spacial score (nSPS) is 14.1. The van der Waals surface area contributed by atoms with Gasteiger partial charge in [-0.2, -0.15) is 0 Å². The van der Waals surface area contributed by atoms with Gasteiger partial charge in [0.1, 0.15) is 11.9 Å². The Hall–Kier alpha value is -1.53. The molecule has 17 heavy (non-hydrogen) atoms. The molecule has 1 aromatic heterocycles. The third kappa shape index (κ3) is 4.08. The Morgan fingerprint density at radius 2 is 2.29 bits per heavy atom. The summed E-state index contributed by atoms with van der Waals surface area (Å²) in [6.45, 7) is 1.83. The van der Waals surface area contributed by atoms with Gasteiger partial charge in [-0.25, -0.2) is 4.39 Å². The van der Waals surface area contributed by atoms with Crippen LogP contribution in [0.15, 0.2) is 18.3 Å². The van der Waals surface area contributed by atoms with Crippen molar-refractivity contribution in [2.24, 2.45) is 0 Å². The summed E-state index contributed by atoms with van der Waals surface area (Å²) in [6, 6.07) is 2.12. The number of aliphatic hydroxyl groups excluding tert-OH is 2. The SMILES string of the molecule is CCOC(=O)CC(O)C(O)c1cc(F)ccn1. The number of rotatable bonds is 5. The molecule has 2 atom stereocenters. The van der Waals surface area contributed by atoms with E-state index in [1.807, 2.05) is 0 Å². The summed E-state index contributed by atoms with van der Waals surface area (Å²) in [5, 5.41) is 19.2. The van der Waals surface area contributed by atoms with Gasteiger partial charge in [0, 0.05) is 6.20 Å². The van der Waals surface area contributed by atoms with Crippen molar-refractivity contribution in [1.29, 1.82) is 0 Å². The van der Waals surface area contributed by atoms with Gasteiger partial charge in [-0.15, -0.1) is 0 Å². The van der Waals surface area contributed by atoms with E-state index in [1.165, 1.54) is 6.20 Å². The molecule has 0 aliphatic carbocycles. The van der Waals surface area contributed by atoms with Crippen molar-refractivity contribution in [3.8, 4) is 0 Å². The fraction of sp³-hybridized carbons (Fsp3) is 0.455. The first-order valence-corrected chi connectivity index (χ1v) is 5.17. The van der Waals surface area contributed by atoms with Crippen LogP contribution in [0, 0.1) is 5.82 Å². The Balaban J connectivity index is 2.63. The number of nitrogens with zero attached hydrogens (tertiary/aromatic N) is 1. The largest absolute Gasteiger partial charge is 0.466 e. The molecule has 1 rings (SSSR count). The quantitative estimate of drug-likeness (QED) is 0.739. The van der Waals surface area contributed by atoms with Crippen LogP contribution in [0.25, 0.3) is 0 Å². The second-order valence-corrected chi connectivity index (χ2v) is 3.42. The van der Waals surface area contributed by atoms with Crippen molar-refractivity contribution in [2.75, 3.05) is 6.61 Å². The standard InChI is InChI=1S/C11H14FNO4/c1-2-17-10(15)6-9(14)11(16)8-5-7(12)3-4-13-8/h3-5,9,11,14,16H,2,6H2,1H3. The molecule has 0 fully saturated rings. The predicted molar refractivity (Wildman–Crippen MR) is 56.4 cm³/mol. The van der Waals surface area contributed by atoms with Crippen LogP contribution < -0.4 is 0 Å². The number of aromatic nitrogens is 1. The number of carbonyl (C=O) groups is 1. The monoisotopic (exact) mass is 243 g/mol. The molecule has 1 aromatic rings. The van der Waals surface area contributed by atoms with Crippen LogP contribution >= 0.6 is 0 Å². The highest BCUT2D eigenvalue weighted by Crippen LogP contribution is 2.17. The highest BCUT2D eigenvalue weighted by atomic mass is 19.1. The van der Waals surface area contributed by atoms with Crippen molar-refractivity contribution in [2.45, 2.75) is 25.6 Å². The summed E-state index contributed by atoms with van der Waals surface area (Å²) in [4.78, 5) is 14.8. The minimum Gasteiger partial charge on any atom is -0.466 e. The molecule has 0 aromatic carbocycles. The molecule has 0 amide bonds. The zero-order valence-corrected chi connectivity index (χ0v) is 9.34. The molecule has 6 heteroatoms. The van der Waals surface area contributed by atoms with Crippen LogP contribution in [-0.2, 0) is 9.53 Å². The highest BCUT2D eigenvalue weighted by Gasteiger charge is 2.23. The first-order valence-electron chi connectivity index (χ1n) is 5.17. The molecule has 1 heterocycles. The lowest BCUT2D eigenvalue weighted by atomic mass is 10.1.